The van der Waals surface area contributed by atoms with Crippen LogP contribution in [-0.2, 0) is 4.79 Å². The van der Waals surface area contributed by atoms with E-state index < -0.39 is 0 Å². The zero-order chi connectivity index (χ0) is 22.8. The number of carbonyl (C=O) groups is 2. The van der Waals surface area contributed by atoms with E-state index >= 15 is 0 Å². The van der Waals surface area contributed by atoms with Gasteiger partial charge >= 0.3 is 0 Å². The molecule has 2 amide bonds. The summed E-state index contributed by atoms with van der Waals surface area (Å²) in [6.45, 7) is 5.25. The van der Waals surface area contributed by atoms with Crippen LogP contribution in [0.1, 0.15) is 61.6 Å². The fourth-order valence-electron chi connectivity index (χ4n) is 3.45. The molecule has 3 rings (SSSR count). The van der Waals surface area contributed by atoms with Gasteiger partial charge in [-0.05, 0) is 62.6 Å². The van der Waals surface area contributed by atoms with Gasteiger partial charge in [0.2, 0.25) is 5.91 Å². The van der Waals surface area contributed by atoms with E-state index in [1.807, 2.05) is 55.6 Å². The largest absolute Gasteiger partial charge is 0.494 e. The molecule has 0 aliphatic carbocycles. The van der Waals surface area contributed by atoms with Crippen LogP contribution in [-0.4, -0.2) is 34.4 Å². The Morgan fingerprint density at radius 2 is 1.84 bits per heavy atom. The van der Waals surface area contributed by atoms with Crippen LogP contribution in [0.15, 0.2) is 48.7 Å². The third-order valence-corrected chi connectivity index (χ3v) is 5.19. The Morgan fingerprint density at radius 1 is 1.03 bits per heavy atom. The number of hydrogen-bond acceptors (Lipinski definition) is 4. The number of rotatable bonds is 12. The number of anilines is 1. The highest BCUT2D eigenvalue weighted by atomic mass is 16.5. The molecule has 0 radical (unpaired) electrons. The van der Waals surface area contributed by atoms with Crippen molar-refractivity contribution in [2.75, 3.05) is 18.5 Å². The number of aryl methyl sites for hydroxylation is 1. The number of amides is 2. The SMILES string of the molecule is CCCCOc1ccc(NC(=O)CCCCCNC(=O)c2c(C)nc3ccccn23)cc1. The second kappa shape index (κ2) is 11.9. The Balaban J connectivity index is 1.32. The second-order valence-corrected chi connectivity index (χ2v) is 7.82. The summed E-state index contributed by atoms with van der Waals surface area (Å²) in [5.74, 6) is 0.689. The molecule has 32 heavy (non-hydrogen) atoms. The maximum absolute atomic E-state index is 12.5. The maximum Gasteiger partial charge on any atom is 0.270 e. The van der Waals surface area contributed by atoms with Crippen molar-refractivity contribution in [1.82, 2.24) is 14.7 Å². The van der Waals surface area contributed by atoms with Gasteiger partial charge in [-0.3, -0.25) is 14.0 Å². The summed E-state index contributed by atoms with van der Waals surface area (Å²) < 4.78 is 7.43. The number of carbonyl (C=O) groups excluding carboxylic acids is 2. The van der Waals surface area contributed by atoms with Crippen LogP contribution in [0.3, 0.4) is 0 Å². The first kappa shape index (κ1) is 23.3. The molecular weight excluding hydrogens is 404 g/mol. The molecule has 7 heteroatoms. The Morgan fingerprint density at radius 3 is 2.62 bits per heavy atom. The third-order valence-electron chi connectivity index (χ3n) is 5.19. The van der Waals surface area contributed by atoms with Gasteiger partial charge in [-0.15, -0.1) is 0 Å². The minimum Gasteiger partial charge on any atom is -0.494 e. The number of unbranched alkanes of at least 4 members (excludes halogenated alkanes) is 3. The monoisotopic (exact) mass is 436 g/mol. The van der Waals surface area contributed by atoms with Crippen LogP contribution in [0, 0.1) is 6.92 Å². The maximum atomic E-state index is 12.5. The summed E-state index contributed by atoms with van der Waals surface area (Å²) in [7, 11) is 0. The van der Waals surface area contributed by atoms with Gasteiger partial charge < -0.3 is 15.4 Å². The molecule has 2 N–H and O–H groups in total. The lowest BCUT2D eigenvalue weighted by Crippen LogP contribution is -2.26. The molecule has 0 saturated heterocycles. The summed E-state index contributed by atoms with van der Waals surface area (Å²) in [6, 6.07) is 13.1. The van der Waals surface area contributed by atoms with Gasteiger partial charge in [0.05, 0.1) is 12.3 Å². The Labute approximate surface area is 189 Å². The zero-order valence-electron chi connectivity index (χ0n) is 18.9. The van der Waals surface area contributed by atoms with Gasteiger partial charge in [-0.2, -0.15) is 0 Å². The van der Waals surface area contributed by atoms with E-state index in [4.69, 9.17) is 4.74 Å². The lowest BCUT2D eigenvalue weighted by atomic mass is 10.2. The molecule has 1 aromatic carbocycles. The molecule has 0 saturated carbocycles. The number of ether oxygens (including phenoxy) is 1. The van der Waals surface area contributed by atoms with Crippen molar-refractivity contribution in [1.29, 1.82) is 0 Å². The van der Waals surface area contributed by atoms with Crippen LogP contribution in [0.5, 0.6) is 5.75 Å². The highest BCUT2D eigenvalue weighted by molar-refractivity contribution is 5.94. The van der Waals surface area contributed by atoms with E-state index in [-0.39, 0.29) is 11.8 Å². The molecule has 0 fully saturated rings. The predicted octanol–water partition coefficient (Wildman–Crippen LogP) is 4.75. The van der Waals surface area contributed by atoms with Crippen molar-refractivity contribution in [3.05, 3.63) is 60.0 Å². The van der Waals surface area contributed by atoms with Gasteiger partial charge in [-0.1, -0.05) is 25.8 Å². The number of benzene rings is 1. The second-order valence-electron chi connectivity index (χ2n) is 7.82. The van der Waals surface area contributed by atoms with E-state index in [0.29, 0.717) is 31.0 Å². The number of nitrogens with zero attached hydrogens (tertiary/aromatic N) is 2. The smallest absolute Gasteiger partial charge is 0.270 e. The first-order valence-corrected chi connectivity index (χ1v) is 11.3. The van der Waals surface area contributed by atoms with Gasteiger partial charge in [0.15, 0.2) is 0 Å². The molecule has 2 aromatic heterocycles. The molecule has 3 aromatic rings. The number of nitrogens with one attached hydrogen (secondary N) is 2. The van der Waals surface area contributed by atoms with Gasteiger partial charge in [-0.25, -0.2) is 4.98 Å². The van der Waals surface area contributed by atoms with Crippen molar-refractivity contribution in [2.24, 2.45) is 0 Å². The fraction of sp³-hybridized carbons (Fsp3) is 0.400. The number of imidazole rings is 1. The highest BCUT2D eigenvalue weighted by Crippen LogP contribution is 2.17. The number of hydrogen-bond donors (Lipinski definition) is 2. The molecule has 0 aliphatic heterocycles. The molecule has 7 nitrogen and oxygen atoms in total. The summed E-state index contributed by atoms with van der Waals surface area (Å²) in [5, 5.41) is 5.87. The Kier molecular flexibility index (Phi) is 8.66. The van der Waals surface area contributed by atoms with E-state index in [9.17, 15) is 9.59 Å². The van der Waals surface area contributed by atoms with Crippen LogP contribution in [0.2, 0.25) is 0 Å². The zero-order valence-corrected chi connectivity index (χ0v) is 18.9. The average Bonchev–Trinajstić information content (AvgIpc) is 3.13. The van der Waals surface area contributed by atoms with E-state index in [2.05, 4.69) is 22.5 Å². The van der Waals surface area contributed by atoms with Crippen molar-refractivity contribution in [2.45, 2.75) is 52.4 Å². The predicted molar refractivity (Wildman–Crippen MR) is 126 cm³/mol. The lowest BCUT2D eigenvalue weighted by Gasteiger charge is -2.08. The van der Waals surface area contributed by atoms with Gasteiger partial charge in [0.25, 0.3) is 5.91 Å². The summed E-state index contributed by atoms with van der Waals surface area (Å²) in [4.78, 5) is 29.1. The lowest BCUT2D eigenvalue weighted by molar-refractivity contribution is -0.116. The summed E-state index contributed by atoms with van der Waals surface area (Å²) in [6.07, 6.45) is 6.88. The van der Waals surface area contributed by atoms with E-state index in [1.54, 1.807) is 4.40 Å². The standard InChI is InChI=1S/C25H32N4O3/c1-3-4-18-32-21-14-12-20(13-15-21)28-23(30)11-6-5-8-16-26-25(31)24-19(2)27-22-10-7-9-17-29(22)24/h7,9-10,12-15,17H,3-6,8,11,16,18H2,1-2H3,(H,26,31)(H,28,30). The van der Waals surface area contributed by atoms with E-state index in [0.717, 1.165) is 49.2 Å². The summed E-state index contributed by atoms with van der Waals surface area (Å²) in [5.41, 5.74) is 2.82. The van der Waals surface area contributed by atoms with Crippen LogP contribution in [0.4, 0.5) is 5.69 Å². The third kappa shape index (κ3) is 6.57. The van der Waals surface area contributed by atoms with Gasteiger partial charge in [0, 0.05) is 24.8 Å². The molecule has 0 atom stereocenters. The van der Waals surface area contributed by atoms with Crippen molar-refractivity contribution < 1.29 is 14.3 Å². The fourth-order valence-corrected chi connectivity index (χ4v) is 3.45. The molecule has 0 aliphatic rings. The molecule has 170 valence electrons. The highest BCUT2D eigenvalue weighted by Gasteiger charge is 2.15. The van der Waals surface area contributed by atoms with Crippen molar-refractivity contribution in [3.63, 3.8) is 0 Å². The molecule has 0 bridgehead atoms. The topological polar surface area (TPSA) is 84.7 Å². The molecule has 2 heterocycles. The molecule has 0 unspecified atom stereocenters. The average molecular weight is 437 g/mol. The van der Waals surface area contributed by atoms with Crippen LogP contribution in [0.25, 0.3) is 5.65 Å². The normalized spacial score (nSPS) is 10.8. The van der Waals surface area contributed by atoms with Gasteiger partial charge in [0.1, 0.15) is 17.1 Å². The number of fused-ring (bicyclic) bond motifs is 1. The van der Waals surface area contributed by atoms with E-state index in [1.165, 1.54) is 0 Å². The Hall–Kier alpha value is -3.35. The minimum absolute atomic E-state index is 0.00459. The first-order chi connectivity index (χ1) is 15.6. The van der Waals surface area contributed by atoms with Crippen LogP contribution >= 0.6 is 0 Å². The van der Waals surface area contributed by atoms with Crippen LogP contribution < -0.4 is 15.4 Å². The first-order valence-electron chi connectivity index (χ1n) is 11.3. The molecule has 0 spiro atoms. The molecular formula is C25H32N4O3. The quantitative estimate of drug-likeness (QED) is 0.401. The van der Waals surface area contributed by atoms with Crippen molar-refractivity contribution >= 4 is 23.1 Å². The number of pyridine rings is 1. The minimum atomic E-state index is -0.124. The number of aromatic nitrogens is 2. The Bertz CT molecular complexity index is 1030. The summed E-state index contributed by atoms with van der Waals surface area (Å²) >= 11 is 0. The van der Waals surface area contributed by atoms with Crippen molar-refractivity contribution in [3.8, 4) is 5.75 Å².